The largest absolute Gasteiger partial charge is 0.493 e. The first-order valence-electron chi connectivity index (χ1n) is 10.7. The van der Waals surface area contributed by atoms with Crippen LogP contribution in [0, 0.1) is 11.3 Å². The van der Waals surface area contributed by atoms with E-state index in [9.17, 15) is 28.0 Å². The summed E-state index contributed by atoms with van der Waals surface area (Å²) in [4.78, 5) is 24.6. The Balaban J connectivity index is 1.51. The molecule has 4 rings (SSSR count). The van der Waals surface area contributed by atoms with Crippen molar-refractivity contribution in [2.75, 3.05) is 19.0 Å². The Morgan fingerprint density at radius 2 is 1.86 bits per heavy atom. The van der Waals surface area contributed by atoms with Crippen molar-refractivity contribution in [2.45, 2.75) is 18.5 Å². The molecule has 0 saturated carbocycles. The van der Waals surface area contributed by atoms with E-state index in [0.29, 0.717) is 30.1 Å². The third-order valence-electron chi connectivity index (χ3n) is 5.55. The van der Waals surface area contributed by atoms with Gasteiger partial charge in [0, 0.05) is 22.9 Å². The number of halogens is 3. The highest BCUT2D eigenvalue weighted by Gasteiger charge is 2.31. The molecule has 0 saturated heterocycles. The highest BCUT2D eigenvalue weighted by molar-refractivity contribution is 6.04. The molecule has 3 aromatic carbocycles. The average Bonchev–Trinajstić information content (AvgIpc) is 2.87. The molecule has 0 bridgehead atoms. The number of benzene rings is 3. The molecule has 0 aromatic heterocycles. The van der Waals surface area contributed by atoms with Crippen LogP contribution in [0.25, 0.3) is 0 Å². The summed E-state index contributed by atoms with van der Waals surface area (Å²) < 4.78 is 55.0. The molecule has 1 heterocycles. The van der Waals surface area contributed by atoms with Gasteiger partial charge in [-0.05, 0) is 55.0 Å². The lowest BCUT2D eigenvalue weighted by molar-refractivity contribution is -0.143. The van der Waals surface area contributed by atoms with Gasteiger partial charge >= 0.3 is 12.1 Å². The standard InChI is InChI=1S/C26H19F3N2O5/c1-34-25(33)20-9-10-35-23-13-22(16(14-30)11-21(20)23)36-19-7-5-15(6-8-19)24(32)31-18-4-2-3-17(12-18)26(27,28)29/h2-8,11-13,20H,9-10H2,1H3,(H,31,32). The Bertz CT molecular complexity index is 1350. The number of esters is 1. The number of carbonyl (C=O) groups excluding carboxylic acids is 2. The molecular formula is C26H19F3N2O5. The number of hydrogen-bond acceptors (Lipinski definition) is 6. The molecule has 1 N–H and O–H groups in total. The van der Waals surface area contributed by atoms with Gasteiger partial charge in [0.1, 0.15) is 23.3 Å². The van der Waals surface area contributed by atoms with E-state index < -0.39 is 29.5 Å². The molecule has 1 unspecified atom stereocenters. The molecule has 3 aromatic rings. The number of nitrogens with one attached hydrogen (secondary N) is 1. The maximum Gasteiger partial charge on any atom is 0.416 e. The fraction of sp³-hybridized carbons (Fsp3) is 0.192. The highest BCUT2D eigenvalue weighted by Crippen LogP contribution is 2.40. The van der Waals surface area contributed by atoms with E-state index in [0.717, 1.165) is 12.1 Å². The Kier molecular flexibility index (Phi) is 6.83. The van der Waals surface area contributed by atoms with E-state index in [1.54, 1.807) is 0 Å². The van der Waals surface area contributed by atoms with E-state index in [-0.39, 0.29) is 22.6 Å². The number of anilines is 1. The zero-order valence-corrected chi connectivity index (χ0v) is 18.9. The topological polar surface area (TPSA) is 97.7 Å². The summed E-state index contributed by atoms with van der Waals surface area (Å²) >= 11 is 0. The van der Waals surface area contributed by atoms with Crippen LogP contribution in [0.5, 0.6) is 17.2 Å². The minimum absolute atomic E-state index is 0.00753. The highest BCUT2D eigenvalue weighted by atomic mass is 19.4. The summed E-state index contributed by atoms with van der Waals surface area (Å²) in [6.45, 7) is 0.299. The summed E-state index contributed by atoms with van der Waals surface area (Å²) in [6, 6.07) is 15.3. The maximum absolute atomic E-state index is 12.9. The van der Waals surface area contributed by atoms with E-state index in [1.807, 2.05) is 6.07 Å². The second-order valence-electron chi connectivity index (χ2n) is 7.87. The molecule has 0 radical (unpaired) electrons. The first kappa shape index (κ1) is 24.6. The average molecular weight is 496 g/mol. The number of alkyl halides is 3. The summed E-state index contributed by atoms with van der Waals surface area (Å²) in [5.41, 5.74) is 0.0468. The lowest BCUT2D eigenvalue weighted by Crippen LogP contribution is -2.22. The first-order chi connectivity index (χ1) is 17.2. The number of nitriles is 1. The maximum atomic E-state index is 12.9. The number of rotatable bonds is 5. The Morgan fingerprint density at radius 3 is 2.53 bits per heavy atom. The summed E-state index contributed by atoms with van der Waals surface area (Å²) in [6.07, 6.45) is -4.10. The lowest BCUT2D eigenvalue weighted by Gasteiger charge is -2.25. The Morgan fingerprint density at radius 1 is 1.11 bits per heavy atom. The smallest absolute Gasteiger partial charge is 0.416 e. The third-order valence-corrected chi connectivity index (χ3v) is 5.55. The molecule has 10 heteroatoms. The summed E-state index contributed by atoms with van der Waals surface area (Å²) in [7, 11) is 1.30. The number of methoxy groups -OCH3 is 1. The molecule has 7 nitrogen and oxygen atoms in total. The van der Waals surface area contributed by atoms with E-state index in [2.05, 4.69) is 5.32 Å². The molecule has 184 valence electrons. The van der Waals surface area contributed by atoms with Crippen LogP contribution in [-0.4, -0.2) is 25.6 Å². The van der Waals surface area contributed by atoms with Crippen LogP contribution in [0.4, 0.5) is 18.9 Å². The van der Waals surface area contributed by atoms with Gasteiger partial charge in [0.25, 0.3) is 5.91 Å². The molecule has 0 fully saturated rings. The lowest BCUT2D eigenvalue weighted by atomic mass is 9.91. The van der Waals surface area contributed by atoms with Crippen molar-refractivity contribution < 1.29 is 37.0 Å². The van der Waals surface area contributed by atoms with Crippen molar-refractivity contribution in [1.29, 1.82) is 5.26 Å². The summed E-state index contributed by atoms with van der Waals surface area (Å²) in [5.74, 6) is -0.659. The molecule has 1 aliphatic heterocycles. The van der Waals surface area contributed by atoms with Gasteiger partial charge in [-0.3, -0.25) is 9.59 Å². The second kappa shape index (κ2) is 10.00. The molecule has 0 spiro atoms. The van der Waals surface area contributed by atoms with Crippen LogP contribution in [0.1, 0.15) is 39.4 Å². The van der Waals surface area contributed by atoms with Crippen molar-refractivity contribution in [3.63, 3.8) is 0 Å². The van der Waals surface area contributed by atoms with Crippen LogP contribution in [0.2, 0.25) is 0 Å². The number of ether oxygens (including phenoxy) is 3. The van der Waals surface area contributed by atoms with Gasteiger partial charge in [-0.2, -0.15) is 18.4 Å². The van der Waals surface area contributed by atoms with Gasteiger partial charge in [-0.1, -0.05) is 6.07 Å². The predicted octanol–water partition coefficient (Wildman–Crippen LogP) is 5.66. The van der Waals surface area contributed by atoms with Gasteiger partial charge in [-0.15, -0.1) is 0 Å². The van der Waals surface area contributed by atoms with E-state index >= 15 is 0 Å². The van der Waals surface area contributed by atoms with Crippen LogP contribution in [0.3, 0.4) is 0 Å². The normalized spacial score (nSPS) is 14.6. The van der Waals surface area contributed by atoms with Gasteiger partial charge in [0.15, 0.2) is 0 Å². The van der Waals surface area contributed by atoms with Gasteiger partial charge in [0.2, 0.25) is 0 Å². The van der Waals surface area contributed by atoms with Crippen LogP contribution >= 0.6 is 0 Å². The van der Waals surface area contributed by atoms with Crippen LogP contribution in [-0.2, 0) is 15.7 Å². The third kappa shape index (κ3) is 5.25. The van der Waals surface area contributed by atoms with Crippen molar-refractivity contribution >= 4 is 17.6 Å². The zero-order chi connectivity index (χ0) is 25.9. The predicted molar refractivity (Wildman–Crippen MR) is 122 cm³/mol. The molecule has 1 amide bonds. The Hall–Kier alpha value is -4.52. The van der Waals surface area contributed by atoms with Gasteiger partial charge < -0.3 is 19.5 Å². The van der Waals surface area contributed by atoms with Crippen molar-refractivity contribution in [1.82, 2.24) is 0 Å². The van der Waals surface area contributed by atoms with E-state index in [4.69, 9.17) is 14.2 Å². The van der Waals surface area contributed by atoms with Crippen molar-refractivity contribution in [3.8, 4) is 23.3 Å². The fourth-order valence-electron chi connectivity index (χ4n) is 3.75. The quantitative estimate of drug-likeness (QED) is 0.458. The number of fused-ring (bicyclic) bond motifs is 1. The van der Waals surface area contributed by atoms with Gasteiger partial charge in [-0.25, -0.2) is 0 Å². The Labute approximate surface area is 204 Å². The van der Waals surface area contributed by atoms with Crippen LogP contribution in [0.15, 0.2) is 60.7 Å². The number of nitrogens with zero attached hydrogens (tertiary/aromatic N) is 1. The second-order valence-corrected chi connectivity index (χ2v) is 7.87. The fourth-order valence-corrected chi connectivity index (χ4v) is 3.75. The van der Waals surface area contributed by atoms with Crippen molar-refractivity contribution in [2.24, 2.45) is 0 Å². The molecule has 1 aliphatic rings. The number of amides is 1. The monoisotopic (exact) mass is 496 g/mol. The minimum atomic E-state index is -4.52. The minimum Gasteiger partial charge on any atom is -0.493 e. The summed E-state index contributed by atoms with van der Waals surface area (Å²) in [5, 5.41) is 12.0. The SMILES string of the molecule is COC(=O)C1CCOc2cc(Oc3ccc(C(=O)Nc4cccc(C(F)(F)F)c4)cc3)c(C#N)cc21. The molecular weight excluding hydrogens is 477 g/mol. The zero-order valence-electron chi connectivity index (χ0n) is 18.9. The van der Waals surface area contributed by atoms with Gasteiger partial charge in [0.05, 0.1) is 30.8 Å². The molecule has 1 atom stereocenters. The molecule has 36 heavy (non-hydrogen) atoms. The molecule has 0 aliphatic carbocycles. The number of carbonyl (C=O) groups is 2. The number of hydrogen-bond donors (Lipinski definition) is 1. The van der Waals surface area contributed by atoms with Crippen molar-refractivity contribution in [3.05, 3.63) is 82.9 Å². The van der Waals surface area contributed by atoms with Crippen LogP contribution < -0.4 is 14.8 Å². The van der Waals surface area contributed by atoms with E-state index in [1.165, 1.54) is 55.6 Å². The first-order valence-corrected chi connectivity index (χ1v) is 10.7.